The lowest BCUT2D eigenvalue weighted by Crippen LogP contribution is -2.20. The van der Waals surface area contributed by atoms with Gasteiger partial charge in [-0.3, -0.25) is 14.9 Å². The predicted octanol–water partition coefficient (Wildman–Crippen LogP) is 4.33. The van der Waals surface area contributed by atoms with Crippen LogP contribution in [0.3, 0.4) is 0 Å². The Bertz CT molecular complexity index is 1090. The second-order valence-corrected chi connectivity index (χ2v) is 7.90. The summed E-state index contributed by atoms with van der Waals surface area (Å²) in [7, 11) is 0. The molecular weight excluding hydrogens is 386 g/mol. The largest absolute Gasteiger partial charge is 0.484 e. The molecular formula is C22H21N3O3S. The molecule has 2 N–H and O–H groups in total. The van der Waals surface area contributed by atoms with Crippen LogP contribution in [-0.4, -0.2) is 23.4 Å². The lowest BCUT2D eigenvalue weighted by atomic mass is 9.99. The number of fused-ring (bicyclic) bond motifs is 1. The number of amides is 2. The maximum atomic E-state index is 12.2. The van der Waals surface area contributed by atoms with E-state index in [0.29, 0.717) is 17.3 Å². The predicted molar refractivity (Wildman–Crippen MR) is 115 cm³/mol. The van der Waals surface area contributed by atoms with Crippen molar-refractivity contribution in [2.24, 2.45) is 0 Å². The average Bonchev–Trinajstić information content (AvgIpc) is 3.17. The topological polar surface area (TPSA) is 80.3 Å². The first-order valence-corrected chi connectivity index (χ1v) is 10.2. The fourth-order valence-corrected chi connectivity index (χ4v) is 3.85. The molecule has 2 aromatic carbocycles. The summed E-state index contributed by atoms with van der Waals surface area (Å²) in [6.07, 6.45) is 1.22. The monoisotopic (exact) mass is 407 g/mol. The highest BCUT2D eigenvalue weighted by molar-refractivity contribution is 7.14. The van der Waals surface area contributed by atoms with Crippen molar-refractivity contribution in [2.45, 2.75) is 26.7 Å². The molecule has 0 saturated heterocycles. The summed E-state index contributed by atoms with van der Waals surface area (Å²) in [5, 5.41) is 8.09. The summed E-state index contributed by atoms with van der Waals surface area (Å²) in [6.45, 7) is 3.97. The molecule has 2 heterocycles. The summed E-state index contributed by atoms with van der Waals surface area (Å²) in [4.78, 5) is 28.2. The molecule has 0 atom stereocenters. The Morgan fingerprint density at radius 1 is 1.17 bits per heavy atom. The highest BCUT2D eigenvalue weighted by Gasteiger charge is 2.16. The zero-order valence-corrected chi connectivity index (χ0v) is 17.1. The quantitative estimate of drug-likeness (QED) is 0.660. The SMILES string of the molecule is Cc1ccc(OCC(=O)Nc2nc(-c3ccc4c(c3)CCC(=O)N4)cs2)cc1C. The van der Waals surface area contributed by atoms with Gasteiger partial charge in [-0.1, -0.05) is 12.1 Å². The van der Waals surface area contributed by atoms with Gasteiger partial charge < -0.3 is 10.1 Å². The Morgan fingerprint density at radius 2 is 2.03 bits per heavy atom. The molecule has 0 bridgehead atoms. The third-order valence-electron chi connectivity index (χ3n) is 4.90. The molecule has 148 valence electrons. The van der Waals surface area contributed by atoms with Gasteiger partial charge in [0.25, 0.3) is 5.91 Å². The maximum absolute atomic E-state index is 12.2. The number of aryl methyl sites for hydroxylation is 3. The molecule has 29 heavy (non-hydrogen) atoms. The van der Waals surface area contributed by atoms with Gasteiger partial charge >= 0.3 is 0 Å². The number of nitrogens with zero attached hydrogens (tertiary/aromatic N) is 1. The van der Waals surface area contributed by atoms with Crippen LogP contribution in [0.1, 0.15) is 23.1 Å². The fourth-order valence-electron chi connectivity index (χ4n) is 3.11. The van der Waals surface area contributed by atoms with Gasteiger partial charge in [0.15, 0.2) is 11.7 Å². The molecule has 1 aliphatic heterocycles. The zero-order chi connectivity index (χ0) is 20.4. The minimum atomic E-state index is -0.253. The number of nitrogens with one attached hydrogen (secondary N) is 2. The first-order chi connectivity index (χ1) is 14.0. The minimum Gasteiger partial charge on any atom is -0.484 e. The Kier molecular flexibility index (Phi) is 5.31. The Morgan fingerprint density at radius 3 is 2.86 bits per heavy atom. The van der Waals surface area contributed by atoms with Gasteiger partial charge in [-0.2, -0.15) is 0 Å². The highest BCUT2D eigenvalue weighted by atomic mass is 32.1. The van der Waals surface area contributed by atoms with Crippen molar-refractivity contribution < 1.29 is 14.3 Å². The first-order valence-electron chi connectivity index (χ1n) is 9.36. The van der Waals surface area contributed by atoms with Crippen LogP contribution in [0.2, 0.25) is 0 Å². The molecule has 0 spiro atoms. The Balaban J connectivity index is 1.38. The van der Waals surface area contributed by atoms with Crippen LogP contribution in [0, 0.1) is 13.8 Å². The van der Waals surface area contributed by atoms with E-state index in [1.54, 1.807) is 0 Å². The molecule has 0 saturated carbocycles. The number of aromatic nitrogens is 1. The molecule has 0 radical (unpaired) electrons. The molecule has 3 aromatic rings. The average molecular weight is 407 g/mol. The van der Waals surface area contributed by atoms with Crippen molar-refractivity contribution in [3.63, 3.8) is 0 Å². The number of benzene rings is 2. The number of rotatable bonds is 5. The van der Waals surface area contributed by atoms with Crippen molar-refractivity contribution in [2.75, 3.05) is 17.2 Å². The van der Waals surface area contributed by atoms with E-state index >= 15 is 0 Å². The van der Waals surface area contributed by atoms with E-state index in [1.807, 2.05) is 55.6 Å². The smallest absolute Gasteiger partial charge is 0.264 e. The second-order valence-electron chi connectivity index (χ2n) is 7.04. The van der Waals surface area contributed by atoms with E-state index in [9.17, 15) is 9.59 Å². The molecule has 0 unspecified atom stereocenters. The summed E-state index contributed by atoms with van der Waals surface area (Å²) < 4.78 is 5.57. The van der Waals surface area contributed by atoms with Crippen molar-refractivity contribution >= 4 is 34.0 Å². The number of carbonyl (C=O) groups excluding carboxylic acids is 2. The van der Waals surface area contributed by atoms with Crippen molar-refractivity contribution in [1.82, 2.24) is 4.98 Å². The number of anilines is 2. The van der Waals surface area contributed by atoms with Gasteiger partial charge in [0.2, 0.25) is 5.91 Å². The third kappa shape index (κ3) is 4.46. The molecule has 0 aliphatic carbocycles. The fraction of sp³-hybridized carbons (Fsp3) is 0.227. The van der Waals surface area contributed by atoms with Crippen LogP contribution in [0.15, 0.2) is 41.8 Å². The molecule has 0 fully saturated rings. The van der Waals surface area contributed by atoms with E-state index in [2.05, 4.69) is 15.6 Å². The number of ether oxygens (including phenoxy) is 1. The molecule has 6 nitrogen and oxygen atoms in total. The lowest BCUT2D eigenvalue weighted by Gasteiger charge is -2.17. The van der Waals surface area contributed by atoms with Crippen LogP contribution in [-0.2, 0) is 16.0 Å². The van der Waals surface area contributed by atoms with E-state index in [-0.39, 0.29) is 18.4 Å². The van der Waals surface area contributed by atoms with Gasteiger partial charge in [0, 0.05) is 23.1 Å². The van der Waals surface area contributed by atoms with Gasteiger partial charge in [0.1, 0.15) is 5.75 Å². The van der Waals surface area contributed by atoms with Crippen molar-refractivity contribution in [3.05, 3.63) is 58.5 Å². The molecule has 1 aromatic heterocycles. The summed E-state index contributed by atoms with van der Waals surface area (Å²) in [6, 6.07) is 11.6. The normalized spacial score (nSPS) is 12.8. The Hall–Kier alpha value is -3.19. The van der Waals surface area contributed by atoms with E-state index < -0.39 is 0 Å². The number of carbonyl (C=O) groups is 2. The molecule has 4 rings (SSSR count). The molecule has 7 heteroatoms. The maximum Gasteiger partial charge on any atom is 0.264 e. The minimum absolute atomic E-state index is 0.0481. The summed E-state index contributed by atoms with van der Waals surface area (Å²) in [5.41, 5.74) is 6.02. The standard InChI is InChI=1S/C22H21N3O3S/c1-13-3-6-17(9-14(13)2)28-11-21(27)25-22-24-19(12-29-22)16-4-7-18-15(10-16)5-8-20(26)23-18/h3-4,6-7,9-10,12H,5,8,11H2,1-2H3,(H,23,26)(H,24,25,27). The van der Waals surface area contributed by atoms with Gasteiger partial charge in [-0.15, -0.1) is 11.3 Å². The second kappa shape index (κ2) is 8.05. The third-order valence-corrected chi connectivity index (χ3v) is 5.65. The summed E-state index contributed by atoms with van der Waals surface area (Å²) in [5.74, 6) is 0.466. The lowest BCUT2D eigenvalue weighted by molar-refractivity contribution is -0.118. The van der Waals surface area contributed by atoms with Crippen molar-refractivity contribution in [3.8, 4) is 17.0 Å². The van der Waals surface area contributed by atoms with Crippen LogP contribution >= 0.6 is 11.3 Å². The first kappa shape index (κ1) is 19.1. The number of hydrogen-bond donors (Lipinski definition) is 2. The van der Waals surface area contributed by atoms with Crippen LogP contribution in [0.5, 0.6) is 5.75 Å². The molecule has 2 amide bonds. The molecule has 1 aliphatic rings. The van der Waals surface area contributed by atoms with Gasteiger partial charge in [-0.25, -0.2) is 4.98 Å². The van der Waals surface area contributed by atoms with Gasteiger partial charge in [-0.05, 0) is 61.2 Å². The number of hydrogen-bond acceptors (Lipinski definition) is 5. The van der Waals surface area contributed by atoms with Crippen LogP contribution < -0.4 is 15.4 Å². The number of thiazole rings is 1. The van der Waals surface area contributed by atoms with E-state index in [1.165, 1.54) is 16.9 Å². The summed E-state index contributed by atoms with van der Waals surface area (Å²) >= 11 is 1.37. The zero-order valence-electron chi connectivity index (χ0n) is 16.2. The Labute approximate surface area is 172 Å². The van der Waals surface area contributed by atoms with Gasteiger partial charge in [0.05, 0.1) is 5.69 Å². The van der Waals surface area contributed by atoms with Crippen LogP contribution in [0.25, 0.3) is 11.3 Å². The highest BCUT2D eigenvalue weighted by Crippen LogP contribution is 2.30. The van der Waals surface area contributed by atoms with E-state index in [0.717, 1.165) is 34.5 Å². The van der Waals surface area contributed by atoms with E-state index in [4.69, 9.17) is 4.74 Å². The van der Waals surface area contributed by atoms with Crippen molar-refractivity contribution in [1.29, 1.82) is 0 Å². The van der Waals surface area contributed by atoms with Crippen LogP contribution in [0.4, 0.5) is 10.8 Å².